The summed E-state index contributed by atoms with van der Waals surface area (Å²) >= 11 is 0. The number of nitriles is 1. The molecular formula is C18H22N4O. The molecule has 1 aromatic carbocycles. The predicted molar refractivity (Wildman–Crippen MR) is 91.8 cm³/mol. The molecule has 1 amide bonds. The molecule has 0 atom stereocenters. The van der Waals surface area contributed by atoms with Crippen LogP contribution in [0.15, 0.2) is 61.3 Å². The number of nitrogens with two attached hydrogens (primary N) is 1. The third kappa shape index (κ3) is 5.81. The van der Waals surface area contributed by atoms with E-state index in [-0.39, 0.29) is 11.5 Å². The van der Waals surface area contributed by atoms with Gasteiger partial charge in [0.15, 0.2) is 0 Å². The van der Waals surface area contributed by atoms with Crippen molar-refractivity contribution in [3.63, 3.8) is 0 Å². The third-order valence-corrected chi connectivity index (χ3v) is 3.12. The van der Waals surface area contributed by atoms with Crippen LogP contribution >= 0.6 is 0 Å². The molecule has 1 rings (SSSR count). The highest BCUT2D eigenvalue weighted by Gasteiger charge is 2.15. The summed E-state index contributed by atoms with van der Waals surface area (Å²) in [6.07, 6.45) is 4.67. The number of benzene rings is 1. The van der Waals surface area contributed by atoms with Crippen LogP contribution in [-0.2, 0) is 17.9 Å². The smallest absolute Gasteiger partial charge is 0.266 e. The number of hydrogen-bond acceptors (Lipinski definition) is 4. The zero-order chi connectivity index (χ0) is 17.1. The van der Waals surface area contributed by atoms with Gasteiger partial charge in [0.25, 0.3) is 5.91 Å². The van der Waals surface area contributed by atoms with Crippen molar-refractivity contribution in [3.05, 3.63) is 72.5 Å². The van der Waals surface area contributed by atoms with E-state index in [1.807, 2.05) is 30.3 Å². The number of hydrogen-bond donors (Lipinski definition) is 2. The van der Waals surface area contributed by atoms with Crippen LogP contribution in [0.2, 0.25) is 0 Å². The van der Waals surface area contributed by atoms with E-state index in [0.29, 0.717) is 26.2 Å². The topological polar surface area (TPSA) is 82.2 Å². The first-order chi connectivity index (χ1) is 11.2. The number of rotatable bonds is 9. The average molecular weight is 310 g/mol. The van der Waals surface area contributed by atoms with Gasteiger partial charge in [-0.3, -0.25) is 4.79 Å². The molecule has 120 valence electrons. The van der Waals surface area contributed by atoms with E-state index < -0.39 is 0 Å². The van der Waals surface area contributed by atoms with Gasteiger partial charge < -0.3 is 16.0 Å². The molecule has 0 aliphatic rings. The third-order valence-electron chi connectivity index (χ3n) is 3.12. The first kappa shape index (κ1) is 18.2. The lowest BCUT2D eigenvalue weighted by Gasteiger charge is -2.18. The molecule has 3 N–H and O–H groups in total. The van der Waals surface area contributed by atoms with Crippen LogP contribution in [-0.4, -0.2) is 23.9 Å². The van der Waals surface area contributed by atoms with Crippen LogP contribution in [0.5, 0.6) is 0 Å². The summed E-state index contributed by atoms with van der Waals surface area (Å²) in [5, 5.41) is 12.2. The highest BCUT2D eigenvalue weighted by molar-refractivity contribution is 5.97. The Morgan fingerprint density at radius 3 is 2.52 bits per heavy atom. The molecule has 0 radical (unpaired) electrons. The molecule has 0 spiro atoms. The minimum Gasteiger partial charge on any atom is -0.386 e. The second kappa shape index (κ2) is 9.98. The molecular weight excluding hydrogens is 288 g/mol. The summed E-state index contributed by atoms with van der Waals surface area (Å²) in [6.45, 7) is 8.94. The predicted octanol–water partition coefficient (Wildman–Crippen LogP) is 1.84. The van der Waals surface area contributed by atoms with Crippen molar-refractivity contribution in [2.75, 3.05) is 13.1 Å². The van der Waals surface area contributed by atoms with E-state index >= 15 is 0 Å². The molecule has 1 aromatic rings. The molecule has 0 unspecified atom stereocenters. The van der Waals surface area contributed by atoms with Gasteiger partial charge in [0.05, 0.1) is 0 Å². The minimum absolute atomic E-state index is 0.0451. The van der Waals surface area contributed by atoms with E-state index in [1.165, 1.54) is 11.1 Å². The van der Waals surface area contributed by atoms with Crippen LogP contribution in [0.1, 0.15) is 11.1 Å². The highest BCUT2D eigenvalue weighted by Crippen LogP contribution is 2.05. The van der Waals surface area contributed by atoms with Gasteiger partial charge in [0, 0.05) is 32.4 Å². The minimum atomic E-state index is -0.351. The normalized spacial score (nSPS) is 10.5. The fourth-order valence-corrected chi connectivity index (χ4v) is 2.00. The molecule has 0 bridgehead atoms. The number of nitrogens with zero attached hydrogens (tertiary/aromatic N) is 2. The number of amides is 1. The van der Waals surface area contributed by atoms with Gasteiger partial charge >= 0.3 is 0 Å². The van der Waals surface area contributed by atoms with E-state index in [9.17, 15) is 10.1 Å². The van der Waals surface area contributed by atoms with Gasteiger partial charge in [0.2, 0.25) is 0 Å². The Balaban J connectivity index is 2.74. The summed E-state index contributed by atoms with van der Waals surface area (Å²) in [4.78, 5) is 13.8. The van der Waals surface area contributed by atoms with Crippen LogP contribution in [0, 0.1) is 11.3 Å². The van der Waals surface area contributed by atoms with E-state index in [2.05, 4.69) is 18.5 Å². The summed E-state index contributed by atoms with van der Waals surface area (Å²) in [7, 11) is 0. The SMILES string of the molecule is C=CCN(CC=C)C(=O)/C(C#N)=C\NCc1cccc(CN)c1. The molecule has 0 saturated heterocycles. The zero-order valence-corrected chi connectivity index (χ0v) is 13.2. The second-order valence-electron chi connectivity index (χ2n) is 4.86. The molecule has 0 heterocycles. The van der Waals surface area contributed by atoms with Gasteiger partial charge in [-0.05, 0) is 11.1 Å². The van der Waals surface area contributed by atoms with Gasteiger partial charge in [-0.15, -0.1) is 13.2 Å². The van der Waals surface area contributed by atoms with Crippen molar-refractivity contribution >= 4 is 5.91 Å². The van der Waals surface area contributed by atoms with Crippen molar-refractivity contribution in [2.24, 2.45) is 5.73 Å². The van der Waals surface area contributed by atoms with Gasteiger partial charge in [-0.1, -0.05) is 36.4 Å². The maximum Gasteiger partial charge on any atom is 0.266 e. The highest BCUT2D eigenvalue weighted by atomic mass is 16.2. The van der Waals surface area contributed by atoms with E-state index in [1.54, 1.807) is 12.2 Å². The Morgan fingerprint density at radius 2 is 1.96 bits per heavy atom. The number of carbonyl (C=O) groups excluding carboxylic acids is 1. The largest absolute Gasteiger partial charge is 0.386 e. The molecule has 0 aromatic heterocycles. The maximum absolute atomic E-state index is 12.3. The average Bonchev–Trinajstić information content (AvgIpc) is 2.58. The zero-order valence-electron chi connectivity index (χ0n) is 13.2. The summed E-state index contributed by atoms with van der Waals surface area (Å²) in [5.41, 5.74) is 7.72. The summed E-state index contributed by atoms with van der Waals surface area (Å²) in [6, 6.07) is 9.74. The Labute approximate surface area is 137 Å². The van der Waals surface area contributed by atoms with Gasteiger partial charge in [0.1, 0.15) is 11.6 Å². The molecule has 5 heteroatoms. The molecule has 5 nitrogen and oxygen atoms in total. The molecule has 23 heavy (non-hydrogen) atoms. The van der Waals surface area contributed by atoms with Crippen LogP contribution in [0.4, 0.5) is 0 Å². The second-order valence-corrected chi connectivity index (χ2v) is 4.86. The Morgan fingerprint density at radius 1 is 1.30 bits per heavy atom. The van der Waals surface area contributed by atoms with Crippen molar-refractivity contribution in [2.45, 2.75) is 13.1 Å². The molecule has 0 saturated carbocycles. The van der Waals surface area contributed by atoms with Crippen molar-refractivity contribution in [1.82, 2.24) is 10.2 Å². The van der Waals surface area contributed by atoms with Gasteiger partial charge in [-0.25, -0.2) is 0 Å². The van der Waals surface area contributed by atoms with Crippen LogP contribution < -0.4 is 11.1 Å². The van der Waals surface area contributed by atoms with Crippen molar-refractivity contribution in [3.8, 4) is 6.07 Å². The summed E-state index contributed by atoms with van der Waals surface area (Å²) in [5.74, 6) is -0.351. The van der Waals surface area contributed by atoms with E-state index in [0.717, 1.165) is 11.1 Å². The molecule has 0 fully saturated rings. The molecule has 0 aliphatic carbocycles. The van der Waals surface area contributed by atoms with Gasteiger partial charge in [-0.2, -0.15) is 5.26 Å². The Kier molecular flexibility index (Phi) is 7.90. The monoisotopic (exact) mass is 310 g/mol. The number of carbonyl (C=O) groups is 1. The van der Waals surface area contributed by atoms with Crippen molar-refractivity contribution in [1.29, 1.82) is 5.26 Å². The fraction of sp³-hybridized carbons (Fsp3) is 0.222. The van der Waals surface area contributed by atoms with Crippen LogP contribution in [0.3, 0.4) is 0 Å². The van der Waals surface area contributed by atoms with E-state index in [4.69, 9.17) is 5.73 Å². The summed E-state index contributed by atoms with van der Waals surface area (Å²) < 4.78 is 0. The first-order valence-electron chi connectivity index (χ1n) is 7.28. The lowest BCUT2D eigenvalue weighted by molar-refractivity contribution is -0.125. The lowest BCUT2D eigenvalue weighted by atomic mass is 10.1. The first-order valence-corrected chi connectivity index (χ1v) is 7.28. The lowest BCUT2D eigenvalue weighted by Crippen LogP contribution is -2.32. The quantitative estimate of drug-likeness (QED) is 0.414. The Bertz CT molecular complexity index is 618. The maximum atomic E-state index is 12.3. The molecule has 0 aliphatic heterocycles. The standard InChI is InChI=1S/C18H22N4O/c1-3-8-22(9-4-2)18(23)17(12-20)14-21-13-16-7-5-6-15(10-16)11-19/h3-7,10,14,21H,1-2,8-9,11,13,19H2/b17-14-. The Hall–Kier alpha value is -2.84. The fourth-order valence-electron chi connectivity index (χ4n) is 2.00. The van der Waals surface area contributed by atoms with Crippen molar-refractivity contribution < 1.29 is 4.79 Å². The van der Waals surface area contributed by atoms with Crippen LogP contribution in [0.25, 0.3) is 0 Å². The number of nitrogens with one attached hydrogen (secondary N) is 1.